The summed E-state index contributed by atoms with van der Waals surface area (Å²) in [5.74, 6) is 3.14. The van der Waals surface area contributed by atoms with Crippen molar-refractivity contribution in [2.24, 2.45) is 23.2 Å². The summed E-state index contributed by atoms with van der Waals surface area (Å²) in [6.07, 6.45) is 7.47. The molecule has 4 aliphatic rings. The van der Waals surface area contributed by atoms with Crippen molar-refractivity contribution < 1.29 is 4.79 Å². The fraction of sp³-hybridized carbons (Fsp3) is 0.917. The normalized spacial score (nSPS) is 53.9. The lowest BCUT2D eigenvalue weighted by Gasteiger charge is -2.42. The Morgan fingerprint density at radius 2 is 1.62 bits per heavy atom. The zero-order valence-corrected chi connectivity index (χ0v) is 8.38. The molecule has 0 amide bonds. The molecule has 0 aromatic carbocycles. The van der Waals surface area contributed by atoms with E-state index in [-0.39, 0.29) is 5.41 Å². The van der Waals surface area contributed by atoms with Gasteiger partial charge in [-0.3, -0.25) is 4.79 Å². The molecule has 4 saturated carbocycles. The molecular formula is C12H18O. The van der Waals surface area contributed by atoms with E-state index in [1.807, 2.05) is 0 Å². The molecule has 0 saturated heterocycles. The summed E-state index contributed by atoms with van der Waals surface area (Å²) in [5, 5.41) is 0. The van der Waals surface area contributed by atoms with E-state index in [4.69, 9.17) is 0 Å². The van der Waals surface area contributed by atoms with Crippen molar-refractivity contribution >= 4 is 5.78 Å². The molecule has 2 unspecified atom stereocenters. The highest BCUT2D eigenvalue weighted by molar-refractivity contribution is 5.85. The Morgan fingerprint density at radius 1 is 1.08 bits per heavy atom. The first kappa shape index (κ1) is 8.02. The van der Waals surface area contributed by atoms with Crippen molar-refractivity contribution in [1.82, 2.24) is 0 Å². The summed E-state index contributed by atoms with van der Waals surface area (Å²) in [6, 6.07) is 0. The van der Waals surface area contributed by atoms with Crippen LogP contribution in [0.3, 0.4) is 0 Å². The van der Waals surface area contributed by atoms with Gasteiger partial charge in [0.1, 0.15) is 5.78 Å². The van der Waals surface area contributed by atoms with Crippen LogP contribution in [0.4, 0.5) is 0 Å². The van der Waals surface area contributed by atoms with Gasteiger partial charge in [-0.15, -0.1) is 0 Å². The third-order valence-corrected chi connectivity index (χ3v) is 4.63. The maximum atomic E-state index is 12.0. The maximum Gasteiger partial charge on any atom is 0.139 e. The number of carbonyl (C=O) groups excluding carboxylic acids is 1. The van der Waals surface area contributed by atoms with Gasteiger partial charge >= 0.3 is 0 Å². The minimum Gasteiger partial charge on any atom is -0.299 e. The lowest BCUT2D eigenvalue weighted by atomic mass is 9.62. The van der Waals surface area contributed by atoms with Gasteiger partial charge in [0.05, 0.1) is 0 Å². The monoisotopic (exact) mass is 178 g/mol. The van der Waals surface area contributed by atoms with Crippen LogP contribution in [-0.4, -0.2) is 5.78 Å². The van der Waals surface area contributed by atoms with E-state index in [0.29, 0.717) is 5.78 Å². The van der Waals surface area contributed by atoms with E-state index >= 15 is 0 Å². The van der Waals surface area contributed by atoms with Crippen molar-refractivity contribution in [2.75, 3.05) is 0 Å². The SMILES string of the molecule is CC12C[C@@H]3CC(CC1=O)C[C@@H](C3)C2. The zero-order chi connectivity index (χ0) is 9.05. The summed E-state index contributed by atoms with van der Waals surface area (Å²) in [6.45, 7) is 2.22. The van der Waals surface area contributed by atoms with E-state index in [9.17, 15) is 4.79 Å². The zero-order valence-electron chi connectivity index (χ0n) is 8.38. The van der Waals surface area contributed by atoms with Gasteiger partial charge in [-0.2, -0.15) is 0 Å². The van der Waals surface area contributed by atoms with Gasteiger partial charge in [0.25, 0.3) is 0 Å². The van der Waals surface area contributed by atoms with Crippen LogP contribution in [0.15, 0.2) is 0 Å². The highest BCUT2D eigenvalue weighted by Crippen LogP contribution is 2.55. The van der Waals surface area contributed by atoms with Gasteiger partial charge in [0.15, 0.2) is 0 Å². The van der Waals surface area contributed by atoms with Gasteiger partial charge in [-0.25, -0.2) is 0 Å². The number of rotatable bonds is 0. The molecule has 1 nitrogen and oxygen atoms in total. The van der Waals surface area contributed by atoms with Crippen molar-refractivity contribution in [3.05, 3.63) is 0 Å². The molecule has 13 heavy (non-hydrogen) atoms. The Bertz CT molecular complexity index is 242. The smallest absolute Gasteiger partial charge is 0.139 e. The minimum atomic E-state index is 0.0961. The van der Waals surface area contributed by atoms with Crippen molar-refractivity contribution in [3.8, 4) is 0 Å². The van der Waals surface area contributed by atoms with Gasteiger partial charge in [-0.1, -0.05) is 6.92 Å². The molecule has 1 heteroatoms. The first-order valence-corrected chi connectivity index (χ1v) is 5.69. The molecule has 4 bridgehead atoms. The number of Topliss-reactive ketones (excluding diaryl/α,β-unsaturated/α-hetero) is 1. The molecule has 4 aliphatic carbocycles. The molecule has 0 N–H and O–H groups in total. The van der Waals surface area contributed by atoms with Crippen LogP contribution < -0.4 is 0 Å². The van der Waals surface area contributed by atoms with Crippen molar-refractivity contribution in [2.45, 2.75) is 45.4 Å². The average Bonchev–Trinajstić information content (AvgIpc) is 2.12. The number of fused-ring (bicyclic) bond motifs is 1. The first-order chi connectivity index (χ1) is 6.16. The second kappa shape index (κ2) is 2.37. The number of hydrogen-bond donors (Lipinski definition) is 0. The molecule has 72 valence electrons. The van der Waals surface area contributed by atoms with Crippen LogP contribution in [-0.2, 0) is 4.79 Å². The Morgan fingerprint density at radius 3 is 2.23 bits per heavy atom. The molecule has 0 radical (unpaired) electrons. The average molecular weight is 178 g/mol. The van der Waals surface area contributed by atoms with E-state index in [1.54, 1.807) is 0 Å². The molecule has 0 aromatic heterocycles. The van der Waals surface area contributed by atoms with Crippen LogP contribution in [0.1, 0.15) is 45.4 Å². The molecule has 0 spiro atoms. The molecule has 4 fully saturated rings. The molecule has 4 atom stereocenters. The molecule has 0 aliphatic heterocycles. The highest BCUT2D eigenvalue weighted by atomic mass is 16.1. The van der Waals surface area contributed by atoms with Crippen molar-refractivity contribution in [3.63, 3.8) is 0 Å². The summed E-state index contributed by atoms with van der Waals surface area (Å²) in [5.41, 5.74) is 0.0961. The number of carbonyl (C=O) groups is 1. The van der Waals surface area contributed by atoms with Gasteiger partial charge in [0.2, 0.25) is 0 Å². The molecule has 0 heterocycles. The lowest BCUT2D eigenvalue weighted by Crippen LogP contribution is -2.35. The molecule has 4 rings (SSSR count). The third-order valence-electron chi connectivity index (χ3n) is 4.63. The predicted molar refractivity (Wildman–Crippen MR) is 51.3 cm³/mol. The Kier molecular flexibility index (Phi) is 1.46. The van der Waals surface area contributed by atoms with E-state index in [0.717, 1.165) is 24.2 Å². The van der Waals surface area contributed by atoms with E-state index < -0.39 is 0 Å². The quantitative estimate of drug-likeness (QED) is 0.557. The topological polar surface area (TPSA) is 17.1 Å². The maximum absolute atomic E-state index is 12.0. The lowest BCUT2D eigenvalue weighted by molar-refractivity contribution is -0.129. The largest absolute Gasteiger partial charge is 0.299 e. The van der Waals surface area contributed by atoms with Gasteiger partial charge < -0.3 is 0 Å². The van der Waals surface area contributed by atoms with Crippen LogP contribution in [0.25, 0.3) is 0 Å². The van der Waals surface area contributed by atoms with Gasteiger partial charge in [0, 0.05) is 11.8 Å². The van der Waals surface area contributed by atoms with Crippen molar-refractivity contribution in [1.29, 1.82) is 0 Å². The third kappa shape index (κ3) is 1.09. The Hall–Kier alpha value is -0.330. The standard InChI is InChI=1S/C12H18O/c1-12-6-9-2-8(5-11(12)13)3-10(4-9)7-12/h8-10H,2-7H2,1H3/t8?,9-,10+,12?. The van der Waals surface area contributed by atoms with Crippen LogP contribution >= 0.6 is 0 Å². The highest BCUT2D eigenvalue weighted by Gasteiger charge is 2.49. The Balaban J connectivity index is 2.02. The first-order valence-electron chi connectivity index (χ1n) is 5.69. The second-order valence-corrected chi connectivity index (χ2v) is 5.90. The van der Waals surface area contributed by atoms with E-state index in [2.05, 4.69) is 6.92 Å². The summed E-state index contributed by atoms with van der Waals surface area (Å²) in [4.78, 5) is 12.0. The summed E-state index contributed by atoms with van der Waals surface area (Å²) < 4.78 is 0. The second-order valence-electron chi connectivity index (χ2n) is 5.90. The fourth-order valence-electron chi connectivity index (χ4n) is 4.30. The van der Waals surface area contributed by atoms with Crippen LogP contribution in [0.5, 0.6) is 0 Å². The summed E-state index contributed by atoms with van der Waals surface area (Å²) >= 11 is 0. The molecular weight excluding hydrogens is 160 g/mol. The number of hydrogen-bond acceptors (Lipinski definition) is 1. The minimum absolute atomic E-state index is 0.0961. The van der Waals surface area contributed by atoms with Crippen LogP contribution in [0, 0.1) is 23.2 Å². The van der Waals surface area contributed by atoms with Crippen LogP contribution in [0.2, 0.25) is 0 Å². The van der Waals surface area contributed by atoms with E-state index in [1.165, 1.54) is 32.1 Å². The number of ketones is 1. The summed E-state index contributed by atoms with van der Waals surface area (Å²) in [7, 11) is 0. The molecule has 0 aromatic rings. The Labute approximate surface area is 79.9 Å². The fourth-order valence-corrected chi connectivity index (χ4v) is 4.30. The van der Waals surface area contributed by atoms with Gasteiger partial charge in [-0.05, 0) is 49.9 Å². The predicted octanol–water partition coefficient (Wildman–Crippen LogP) is 2.79.